The minimum absolute atomic E-state index is 0.126. The van der Waals surface area contributed by atoms with E-state index in [4.69, 9.17) is 4.74 Å². The van der Waals surface area contributed by atoms with Gasteiger partial charge in [-0.05, 0) is 47.0 Å². The van der Waals surface area contributed by atoms with E-state index in [0.29, 0.717) is 5.75 Å². The molecule has 0 amide bonds. The Morgan fingerprint density at radius 3 is 2.43 bits per heavy atom. The SMILES string of the molecule is COc1cc(-c2ccc(-c3n[nH]c4c3Cc3cc(O)ccc3-4)cc2)ccc1O. The molecule has 3 aromatic carbocycles. The molecule has 0 radical (unpaired) electrons. The van der Waals surface area contributed by atoms with E-state index in [1.54, 1.807) is 12.1 Å². The number of aromatic hydroxyl groups is 2. The summed E-state index contributed by atoms with van der Waals surface area (Å²) in [6.07, 6.45) is 0.752. The number of hydrogen-bond donors (Lipinski definition) is 3. The topological polar surface area (TPSA) is 78.4 Å². The van der Waals surface area contributed by atoms with Gasteiger partial charge in [0.05, 0.1) is 18.5 Å². The van der Waals surface area contributed by atoms with Gasteiger partial charge >= 0.3 is 0 Å². The van der Waals surface area contributed by atoms with Crippen LogP contribution in [0.15, 0.2) is 60.7 Å². The molecule has 1 aromatic heterocycles. The smallest absolute Gasteiger partial charge is 0.161 e. The minimum atomic E-state index is 0.126. The number of ether oxygens (including phenoxy) is 1. The molecule has 0 fully saturated rings. The predicted molar refractivity (Wildman–Crippen MR) is 108 cm³/mol. The van der Waals surface area contributed by atoms with Crippen LogP contribution in [0.4, 0.5) is 0 Å². The van der Waals surface area contributed by atoms with E-state index in [-0.39, 0.29) is 11.5 Å². The van der Waals surface area contributed by atoms with Crippen LogP contribution in [0.25, 0.3) is 33.6 Å². The lowest BCUT2D eigenvalue weighted by Crippen LogP contribution is -1.88. The third kappa shape index (κ3) is 2.52. The number of phenols is 2. The average molecular weight is 370 g/mol. The number of fused-ring (bicyclic) bond motifs is 3. The quantitative estimate of drug-likeness (QED) is 0.429. The van der Waals surface area contributed by atoms with Crippen molar-refractivity contribution in [2.75, 3.05) is 7.11 Å². The molecule has 3 N–H and O–H groups in total. The molecular formula is C23H18N2O3. The molecule has 138 valence electrons. The Balaban J connectivity index is 1.49. The summed E-state index contributed by atoms with van der Waals surface area (Å²) < 4.78 is 5.20. The van der Waals surface area contributed by atoms with Gasteiger partial charge in [0.25, 0.3) is 0 Å². The fourth-order valence-corrected chi connectivity index (χ4v) is 3.84. The second-order valence-electron chi connectivity index (χ2n) is 6.91. The number of aromatic amines is 1. The van der Waals surface area contributed by atoms with Crippen LogP contribution in [0, 0.1) is 0 Å². The van der Waals surface area contributed by atoms with Gasteiger partial charge in [0.1, 0.15) is 5.75 Å². The highest BCUT2D eigenvalue weighted by Gasteiger charge is 2.25. The van der Waals surface area contributed by atoms with Crippen LogP contribution < -0.4 is 4.74 Å². The van der Waals surface area contributed by atoms with Gasteiger partial charge in [0.15, 0.2) is 11.5 Å². The monoisotopic (exact) mass is 370 g/mol. The number of aromatic nitrogens is 2. The molecule has 1 aliphatic carbocycles. The van der Waals surface area contributed by atoms with Crippen molar-refractivity contribution in [3.63, 3.8) is 0 Å². The number of rotatable bonds is 3. The van der Waals surface area contributed by atoms with E-state index in [0.717, 1.165) is 51.2 Å². The highest BCUT2D eigenvalue weighted by Crippen LogP contribution is 2.41. The third-order valence-corrected chi connectivity index (χ3v) is 5.26. The molecule has 0 unspecified atom stereocenters. The molecule has 5 nitrogen and oxygen atoms in total. The molecule has 5 heteroatoms. The fourth-order valence-electron chi connectivity index (χ4n) is 3.84. The number of benzene rings is 3. The summed E-state index contributed by atoms with van der Waals surface area (Å²) in [6.45, 7) is 0. The molecule has 5 rings (SSSR count). The summed E-state index contributed by atoms with van der Waals surface area (Å²) in [5.41, 5.74) is 8.34. The average Bonchev–Trinajstić information content (AvgIpc) is 3.27. The largest absolute Gasteiger partial charge is 0.508 e. The first-order valence-electron chi connectivity index (χ1n) is 9.01. The van der Waals surface area contributed by atoms with Gasteiger partial charge in [0.2, 0.25) is 0 Å². The first kappa shape index (κ1) is 16.4. The zero-order valence-corrected chi connectivity index (χ0v) is 15.2. The molecule has 0 bridgehead atoms. The van der Waals surface area contributed by atoms with Gasteiger partial charge < -0.3 is 14.9 Å². The first-order valence-corrected chi connectivity index (χ1v) is 9.01. The van der Waals surface area contributed by atoms with Gasteiger partial charge in [-0.15, -0.1) is 0 Å². The molecule has 1 aliphatic rings. The zero-order valence-electron chi connectivity index (χ0n) is 15.2. The second-order valence-corrected chi connectivity index (χ2v) is 6.91. The highest BCUT2D eigenvalue weighted by atomic mass is 16.5. The van der Waals surface area contributed by atoms with E-state index in [1.165, 1.54) is 7.11 Å². The van der Waals surface area contributed by atoms with Crippen molar-refractivity contribution in [1.82, 2.24) is 10.2 Å². The highest BCUT2D eigenvalue weighted by molar-refractivity contribution is 5.82. The van der Waals surface area contributed by atoms with Crippen molar-refractivity contribution < 1.29 is 14.9 Å². The summed E-state index contributed by atoms with van der Waals surface area (Å²) in [6, 6.07) is 18.9. The normalized spacial score (nSPS) is 11.9. The van der Waals surface area contributed by atoms with E-state index >= 15 is 0 Å². The summed E-state index contributed by atoms with van der Waals surface area (Å²) >= 11 is 0. The molecule has 0 saturated heterocycles. The predicted octanol–water partition coefficient (Wildman–Crippen LogP) is 4.73. The van der Waals surface area contributed by atoms with Gasteiger partial charge in [-0.2, -0.15) is 5.10 Å². The molecule has 1 heterocycles. The van der Waals surface area contributed by atoms with Gasteiger partial charge in [-0.3, -0.25) is 5.10 Å². The lowest BCUT2D eigenvalue weighted by atomic mass is 10.0. The summed E-state index contributed by atoms with van der Waals surface area (Å²) in [5.74, 6) is 0.861. The van der Waals surface area contributed by atoms with Crippen LogP contribution in [-0.2, 0) is 6.42 Å². The van der Waals surface area contributed by atoms with Crippen LogP contribution in [0.1, 0.15) is 11.1 Å². The lowest BCUT2D eigenvalue weighted by molar-refractivity contribution is 0.373. The third-order valence-electron chi connectivity index (χ3n) is 5.26. The number of phenolic OH excluding ortho intramolecular Hbond substituents is 2. The van der Waals surface area contributed by atoms with Crippen molar-refractivity contribution in [3.05, 3.63) is 71.8 Å². The Labute approximate surface area is 161 Å². The molecule has 28 heavy (non-hydrogen) atoms. The van der Waals surface area contributed by atoms with Crippen molar-refractivity contribution in [3.8, 4) is 50.9 Å². The van der Waals surface area contributed by atoms with E-state index < -0.39 is 0 Å². The van der Waals surface area contributed by atoms with Crippen molar-refractivity contribution in [1.29, 1.82) is 0 Å². The number of hydrogen-bond acceptors (Lipinski definition) is 4. The van der Waals surface area contributed by atoms with Crippen molar-refractivity contribution >= 4 is 0 Å². The fraction of sp³-hybridized carbons (Fsp3) is 0.0870. The van der Waals surface area contributed by atoms with E-state index in [2.05, 4.69) is 10.2 Å². The van der Waals surface area contributed by atoms with E-state index in [1.807, 2.05) is 48.5 Å². The van der Waals surface area contributed by atoms with Crippen LogP contribution in [-0.4, -0.2) is 27.5 Å². The van der Waals surface area contributed by atoms with Gasteiger partial charge in [0, 0.05) is 23.1 Å². The van der Waals surface area contributed by atoms with Crippen LogP contribution in [0.2, 0.25) is 0 Å². The van der Waals surface area contributed by atoms with Crippen LogP contribution in [0.5, 0.6) is 17.2 Å². The maximum absolute atomic E-state index is 9.78. The molecule has 0 aliphatic heterocycles. The second kappa shape index (κ2) is 6.16. The number of methoxy groups -OCH3 is 1. The maximum Gasteiger partial charge on any atom is 0.161 e. The molecule has 0 saturated carbocycles. The maximum atomic E-state index is 9.78. The first-order chi connectivity index (χ1) is 13.6. The Hall–Kier alpha value is -3.73. The van der Waals surface area contributed by atoms with Crippen molar-refractivity contribution in [2.24, 2.45) is 0 Å². The molecule has 0 atom stereocenters. The molecular weight excluding hydrogens is 352 g/mol. The summed E-state index contributed by atoms with van der Waals surface area (Å²) in [7, 11) is 1.54. The number of nitrogens with zero attached hydrogens (tertiary/aromatic N) is 1. The van der Waals surface area contributed by atoms with Gasteiger partial charge in [-0.25, -0.2) is 0 Å². The number of H-pyrrole nitrogens is 1. The van der Waals surface area contributed by atoms with Gasteiger partial charge in [-0.1, -0.05) is 30.3 Å². The summed E-state index contributed by atoms with van der Waals surface area (Å²) in [5, 5.41) is 27.2. The zero-order chi connectivity index (χ0) is 19.3. The Bertz CT molecular complexity index is 1190. The van der Waals surface area contributed by atoms with Crippen LogP contribution in [0.3, 0.4) is 0 Å². The minimum Gasteiger partial charge on any atom is -0.508 e. The molecule has 0 spiro atoms. The molecule has 4 aromatic rings. The Kier molecular flexibility index (Phi) is 3.62. The standard InChI is InChI=1S/C23H18N2O3/c1-28-21-12-15(6-9-20(21)27)13-2-4-14(5-3-13)22-19-11-16-10-17(26)7-8-18(16)23(19)25-24-22/h2-10,12,26-27H,11H2,1H3,(H,24,25). The number of nitrogens with one attached hydrogen (secondary N) is 1. The summed E-state index contributed by atoms with van der Waals surface area (Å²) in [4.78, 5) is 0. The van der Waals surface area contributed by atoms with Crippen LogP contribution >= 0.6 is 0 Å². The Morgan fingerprint density at radius 2 is 1.64 bits per heavy atom. The van der Waals surface area contributed by atoms with Crippen molar-refractivity contribution in [2.45, 2.75) is 6.42 Å². The lowest BCUT2D eigenvalue weighted by Gasteiger charge is -2.08. The Morgan fingerprint density at radius 1 is 0.893 bits per heavy atom. The van der Waals surface area contributed by atoms with E-state index in [9.17, 15) is 10.2 Å².